The molecule has 2 rings (SSSR count). The van der Waals surface area contributed by atoms with Gasteiger partial charge in [0.1, 0.15) is 11.3 Å². The molecular formula is C15H13F3N2O4. The van der Waals surface area contributed by atoms with Crippen LogP contribution in [0.2, 0.25) is 0 Å². The number of aliphatic hydroxyl groups is 1. The minimum absolute atomic E-state index is 0.0964. The Balaban J connectivity index is 2.47. The highest BCUT2D eigenvalue weighted by atomic mass is 19.2. The van der Waals surface area contributed by atoms with Crippen molar-refractivity contribution in [2.45, 2.75) is 0 Å². The maximum absolute atomic E-state index is 14.3. The maximum atomic E-state index is 14.3. The molecule has 0 fully saturated rings. The molecule has 0 atom stereocenters. The van der Waals surface area contributed by atoms with Gasteiger partial charge >= 0.3 is 5.97 Å². The van der Waals surface area contributed by atoms with Crippen LogP contribution in [0.25, 0.3) is 0 Å². The molecule has 0 saturated carbocycles. The first-order valence-corrected chi connectivity index (χ1v) is 6.74. The number of halogens is 3. The number of hydrogen-bond donors (Lipinski definition) is 2. The van der Waals surface area contributed by atoms with Crippen LogP contribution in [0.5, 0.6) is 11.5 Å². The van der Waals surface area contributed by atoms with Gasteiger partial charge in [-0.2, -0.15) is 18.2 Å². The number of rotatable bonds is 6. The number of esters is 1. The highest BCUT2D eigenvalue weighted by molar-refractivity contribution is 5.92. The smallest absolute Gasteiger partial charge is 0.341 e. The molecule has 0 saturated heterocycles. The molecule has 6 nitrogen and oxygen atoms in total. The Labute approximate surface area is 134 Å². The number of anilines is 1. The highest BCUT2D eigenvalue weighted by Crippen LogP contribution is 2.33. The van der Waals surface area contributed by atoms with Crippen LogP contribution in [-0.2, 0) is 4.74 Å². The van der Waals surface area contributed by atoms with Gasteiger partial charge in [-0.3, -0.25) is 0 Å². The second-order valence-corrected chi connectivity index (χ2v) is 4.45. The number of carbonyl (C=O) groups excluding carboxylic acids is 1. The second-order valence-electron chi connectivity index (χ2n) is 4.45. The van der Waals surface area contributed by atoms with Gasteiger partial charge in [-0.1, -0.05) is 12.1 Å². The van der Waals surface area contributed by atoms with E-state index in [0.29, 0.717) is 0 Å². The molecule has 1 aromatic carbocycles. The summed E-state index contributed by atoms with van der Waals surface area (Å²) in [5.41, 5.74) is -0.0964. The summed E-state index contributed by atoms with van der Waals surface area (Å²) in [7, 11) is 1.13. The summed E-state index contributed by atoms with van der Waals surface area (Å²) >= 11 is 0. The minimum atomic E-state index is -1.65. The molecule has 0 aliphatic heterocycles. The van der Waals surface area contributed by atoms with Crippen molar-refractivity contribution in [3.05, 3.63) is 47.4 Å². The van der Waals surface area contributed by atoms with Gasteiger partial charge < -0.3 is 19.9 Å². The number of benzene rings is 1. The maximum Gasteiger partial charge on any atom is 0.341 e. The Bertz CT molecular complexity index is 756. The molecule has 128 valence electrons. The number of aliphatic hydroxyl groups excluding tert-OH is 1. The Morgan fingerprint density at radius 3 is 2.62 bits per heavy atom. The van der Waals surface area contributed by atoms with Crippen molar-refractivity contribution in [3.63, 3.8) is 0 Å². The summed E-state index contributed by atoms with van der Waals surface area (Å²) in [6.45, 7) is -0.505. The van der Waals surface area contributed by atoms with Crippen LogP contribution in [0.1, 0.15) is 10.4 Å². The number of hydrogen-bond acceptors (Lipinski definition) is 6. The van der Waals surface area contributed by atoms with Crippen molar-refractivity contribution in [3.8, 4) is 11.5 Å². The van der Waals surface area contributed by atoms with Crippen molar-refractivity contribution >= 4 is 11.8 Å². The third-order valence-electron chi connectivity index (χ3n) is 2.91. The molecule has 1 aromatic heterocycles. The molecule has 9 heteroatoms. The Morgan fingerprint density at radius 2 is 1.96 bits per heavy atom. The Hall–Kier alpha value is -2.81. The zero-order valence-electron chi connectivity index (χ0n) is 12.5. The van der Waals surface area contributed by atoms with E-state index in [9.17, 15) is 18.0 Å². The second kappa shape index (κ2) is 7.64. The quantitative estimate of drug-likeness (QED) is 0.620. The van der Waals surface area contributed by atoms with Crippen LogP contribution in [0.4, 0.5) is 19.0 Å². The van der Waals surface area contributed by atoms with E-state index in [1.54, 1.807) is 0 Å². The standard InChI is InChI=1S/C15H13F3N2O4/c1-23-15(22)8-4-2-3-5-9(8)24-12-10(16)13(18)20-14(11(12)17)19-6-7-21/h2-5,21H,6-7H2,1H3,(H,19,20). The molecule has 0 spiro atoms. The van der Waals surface area contributed by atoms with E-state index in [1.807, 2.05) is 0 Å². The largest absolute Gasteiger partial charge is 0.465 e. The van der Waals surface area contributed by atoms with Crippen molar-refractivity contribution < 1.29 is 32.5 Å². The predicted octanol–water partition coefficient (Wildman–Crippen LogP) is 2.48. The number of pyridine rings is 1. The van der Waals surface area contributed by atoms with Crippen LogP contribution in [0.15, 0.2) is 24.3 Å². The zero-order valence-corrected chi connectivity index (χ0v) is 12.5. The van der Waals surface area contributed by atoms with Crippen molar-refractivity contribution in [1.82, 2.24) is 4.98 Å². The molecule has 1 heterocycles. The van der Waals surface area contributed by atoms with Gasteiger partial charge in [-0.05, 0) is 12.1 Å². The average molecular weight is 342 g/mol. The van der Waals surface area contributed by atoms with E-state index < -0.39 is 35.1 Å². The number of nitrogens with one attached hydrogen (secondary N) is 1. The molecule has 0 radical (unpaired) electrons. The van der Waals surface area contributed by atoms with Gasteiger partial charge in [0.15, 0.2) is 5.82 Å². The van der Waals surface area contributed by atoms with E-state index in [2.05, 4.69) is 15.0 Å². The van der Waals surface area contributed by atoms with Gasteiger partial charge in [0.2, 0.25) is 17.4 Å². The fraction of sp³-hybridized carbons (Fsp3) is 0.200. The van der Waals surface area contributed by atoms with Crippen LogP contribution in [0.3, 0.4) is 0 Å². The summed E-state index contributed by atoms with van der Waals surface area (Å²) in [6.07, 6.45) is 0. The number of nitrogens with zero attached hydrogens (tertiary/aromatic N) is 1. The van der Waals surface area contributed by atoms with Crippen molar-refractivity contribution in [2.75, 3.05) is 25.6 Å². The minimum Gasteiger partial charge on any atom is -0.465 e. The average Bonchev–Trinajstić information content (AvgIpc) is 2.60. The molecule has 24 heavy (non-hydrogen) atoms. The fourth-order valence-electron chi connectivity index (χ4n) is 1.82. The van der Waals surface area contributed by atoms with E-state index in [0.717, 1.165) is 7.11 Å². The zero-order chi connectivity index (χ0) is 17.7. The summed E-state index contributed by atoms with van der Waals surface area (Å²) in [4.78, 5) is 14.7. The number of methoxy groups -OCH3 is 1. The molecule has 0 unspecified atom stereocenters. The molecule has 0 aliphatic carbocycles. The number of aromatic nitrogens is 1. The fourth-order valence-corrected chi connectivity index (χ4v) is 1.82. The summed E-state index contributed by atoms with van der Waals surface area (Å²) in [5, 5.41) is 11.0. The van der Waals surface area contributed by atoms with Gasteiger partial charge in [0.05, 0.1) is 13.7 Å². The van der Waals surface area contributed by atoms with Crippen LogP contribution in [0, 0.1) is 17.6 Å². The third-order valence-corrected chi connectivity index (χ3v) is 2.91. The number of carbonyl (C=O) groups is 1. The lowest BCUT2D eigenvalue weighted by atomic mass is 10.2. The topological polar surface area (TPSA) is 80.7 Å². The SMILES string of the molecule is COC(=O)c1ccccc1Oc1c(F)c(F)nc(NCCO)c1F. The molecular weight excluding hydrogens is 329 g/mol. The highest BCUT2D eigenvalue weighted by Gasteiger charge is 2.24. The monoisotopic (exact) mass is 342 g/mol. The summed E-state index contributed by atoms with van der Waals surface area (Å²) in [5.74, 6) is -7.26. The van der Waals surface area contributed by atoms with Gasteiger partial charge in [-0.15, -0.1) is 0 Å². The van der Waals surface area contributed by atoms with Gasteiger partial charge in [0, 0.05) is 6.54 Å². The van der Waals surface area contributed by atoms with E-state index in [-0.39, 0.29) is 24.5 Å². The van der Waals surface area contributed by atoms with Gasteiger partial charge in [-0.25, -0.2) is 4.79 Å². The van der Waals surface area contributed by atoms with Gasteiger partial charge in [0.25, 0.3) is 5.95 Å². The number of para-hydroxylation sites is 1. The van der Waals surface area contributed by atoms with E-state index in [1.165, 1.54) is 24.3 Å². The molecule has 2 aromatic rings. The lowest BCUT2D eigenvalue weighted by Gasteiger charge is -2.13. The lowest BCUT2D eigenvalue weighted by Crippen LogP contribution is -2.12. The number of ether oxygens (including phenoxy) is 2. The van der Waals surface area contributed by atoms with E-state index in [4.69, 9.17) is 9.84 Å². The van der Waals surface area contributed by atoms with Crippen LogP contribution >= 0.6 is 0 Å². The normalized spacial score (nSPS) is 10.4. The van der Waals surface area contributed by atoms with E-state index >= 15 is 0 Å². The first kappa shape index (κ1) is 17.5. The first-order chi connectivity index (χ1) is 11.5. The Kier molecular flexibility index (Phi) is 5.59. The Morgan fingerprint density at radius 1 is 1.25 bits per heavy atom. The lowest BCUT2D eigenvalue weighted by molar-refractivity contribution is 0.0597. The first-order valence-electron chi connectivity index (χ1n) is 6.74. The van der Waals surface area contributed by atoms with Crippen LogP contribution < -0.4 is 10.1 Å². The van der Waals surface area contributed by atoms with Crippen molar-refractivity contribution in [1.29, 1.82) is 0 Å². The van der Waals surface area contributed by atoms with Crippen molar-refractivity contribution in [2.24, 2.45) is 0 Å². The molecule has 2 N–H and O–H groups in total. The summed E-state index contributed by atoms with van der Waals surface area (Å²) in [6, 6.07) is 5.54. The predicted molar refractivity (Wildman–Crippen MR) is 77.5 cm³/mol. The summed E-state index contributed by atoms with van der Waals surface area (Å²) < 4.78 is 51.3. The van der Waals surface area contributed by atoms with Crippen LogP contribution in [-0.4, -0.2) is 36.3 Å². The molecule has 0 bridgehead atoms. The third kappa shape index (κ3) is 3.57. The molecule has 0 aliphatic rings. The molecule has 0 amide bonds.